The number of esters is 1. The molecule has 1 aromatic carbocycles. The Kier molecular flexibility index (Phi) is 4.45. The highest BCUT2D eigenvalue weighted by molar-refractivity contribution is 5.83. The number of methoxy groups -OCH3 is 2. The van der Waals surface area contributed by atoms with Gasteiger partial charge in [-0.25, -0.2) is 4.79 Å². The fraction of sp³-hybridized carbons (Fsp3) is 0.438. The zero-order valence-corrected chi connectivity index (χ0v) is 12.1. The Hall–Kier alpha value is -1.81. The number of hydrogen-bond acceptors (Lipinski definition) is 4. The molecule has 0 heterocycles. The van der Waals surface area contributed by atoms with Crippen LogP contribution in [-0.4, -0.2) is 26.7 Å². The molecule has 0 spiro atoms. The van der Waals surface area contributed by atoms with Crippen molar-refractivity contribution >= 4 is 5.97 Å². The van der Waals surface area contributed by atoms with Gasteiger partial charge < -0.3 is 9.47 Å². The van der Waals surface area contributed by atoms with Gasteiger partial charge in [-0.05, 0) is 42.5 Å². The summed E-state index contributed by atoms with van der Waals surface area (Å²) in [6.07, 6.45) is 4.36. The Labute approximate surface area is 119 Å². The molecule has 0 bridgehead atoms. The largest absolute Gasteiger partial charge is 0.497 e. The predicted molar refractivity (Wildman–Crippen MR) is 77.8 cm³/mol. The van der Waals surface area contributed by atoms with Gasteiger partial charge in [0.25, 0.3) is 0 Å². The molecular weight excluding hydrogens is 254 g/mol. The highest BCUT2D eigenvalue weighted by atomic mass is 16.5. The summed E-state index contributed by atoms with van der Waals surface area (Å²) in [6.45, 7) is 4.27. The number of carbonyl (C=O) groups is 1. The maximum Gasteiger partial charge on any atom is 0.330 e. The Morgan fingerprint density at radius 2 is 2.30 bits per heavy atom. The third-order valence-electron chi connectivity index (χ3n) is 3.85. The van der Waals surface area contributed by atoms with Crippen LogP contribution in [0.5, 0.6) is 5.75 Å². The molecule has 1 unspecified atom stereocenters. The van der Waals surface area contributed by atoms with E-state index in [1.54, 1.807) is 13.2 Å². The Morgan fingerprint density at radius 3 is 2.95 bits per heavy atom. The molecule has 0 saturated carbocycles. The summed E-state index contributed by atoms with van der Waals surface area (Å²) >= 11 is 0. The fourth-order valence-corrected chi connectivity index (χ4v) is 2.89. The zero-order valence-electron chi connectivity index (χ0n) is 12.1. The van der Waals surface area contributed by atoms with Crippen LogP contribution in [-0.2, 0) is 21.5 Å². The number of nitrogens with one attached hydrogen (secondary N) is 1. The SMILES string of the molecule is C=CCNC1(C(=O)OC)CCCc2cc(OC)ccc21. The van der Waals surface area contributed by atoms with Gasteiger partial charge in [0, 0.05) is 6.54 Å². The molecule has 108 valence electrons. The van der Waals surface area contributed by atoms with Gasteiger partial charge in [0.05, 0.1) is 14.2 Å². The monoisotopic (exact) mass is 275 g/mol. The molecule has 0 saturated heterocycles. The number of aryl methyl sites for hydroxylation is 1. The lowest BCUT2D eigenvalue weighted by Gasteiger charge is -2.37. The van der Waals surface area contributed by atoms with Crippen LogP contribution in [0.15, 0.2) is 30.9 Å². The molecule has 0 aliphatic heterocycles. The summed E-state index contributed by atoms with van der Waals surface area (Å²) in [6, 6.07) is 5.85. The number of ether oxygens (including phenoxy) is 2. The predicted octanol–water partition coefficient (Wildman–Crippen LogP) is 2.18. The van der Waals surface area contributed by atoms with Crippen molar-refractivity contribution in [3.05, 3.63) is 42.0 Å². The van der Waals surface area contributed by atoms with Crippen molar-refractivity contribution in [2.75, 3.05) is 20.8 Å². The van der Waals surface area contributed by atoms with Gasteiger partial charge in [0.1, 0.15) is 11.3 Å². The molecule has 0 amide bonds. The average Bonchev–Trinajstić information content (AvgIpc) is 2.51. The summed E-state index contributed by atoms with van der Waals surface area (Å²) < 4.78 is 10.3. The Bertz CT molecular complexity index is 512. The summed E-state index contributed by atoms with van der Waals surface area (Å²) in [5.74, 6) is 0.568. The molecule has 1 aromatic rings. The number of benzene rings is 1. The lowest BCUT2D eigenvalue weighted by molar-refractivity contribution is -0.149. The van der Waals surface area contributed by atoms with E-state index in [-0.39, 0.29) is 5.97 Å². The van der Waals surface area contributed by atoms with Crippen LogP contribution < -0.4 is 10.1 Å². The number of rotatable bonds is 5. The summed E-state index contributed by atoms with van der Waals surface area (Å²) in [4.78, 5) is 12.4. The quantitative estimate of drug-likeness (QED) is 0.661. The van der Waals surface area contributed by atoms with Crippen molar-refractivity contribution in [1.82, 2.24) is 5.32 Å². The third-order valence-corrected chi connectivity index (χ3v) is 3.85. The van der Waals surface area contributed by atoms with E-state index in [1.807, 2.05) is 18.2 Å². The molecule has 2 rings (SSSR count). The lowest BCUT2D eigenvalue weighted by atomic mass is 9.76. The smallest absolute Gasteiger partial charge is 0.330 e. The van der Waals surface area contributed by atoms with Crippen LogP contribution >= 0.6 is 0 Å². The van der Waals surface area contributed by atoms with E-state index in [9.17, 15) is 4.79 Å². The second kappa shape index (κ2) is 6.09. The van der Waals surface area contributed by atoms with E-state index >= 15 is 0 Å². The molecule has 0 fully saturated rings. The molecular formula is C16H21NO3. The van der Waals surface area contributed by atoms with Crippen molar-refractivity contribution in [3.63, 3.8) is 0 Å². The first-order valence-corrected chi connectivity index (χ1v) is 6.79. The van der Waals surface area contributed by atoms with E-state index < -0.39 is 5.54 Å². The van der Waals surface area contributed by atoms with Gasteiger partial charge in [0.15, 0.2) is 0 Å². The normalized spacial score (nSPS) is 20.9. The Morgan fingerprint density at radius 1 is 1.50 bits per heavy atom. The molecule has 1 N–H and O–H groups in total. The molecule has 0 radical (unpaired) electrons. The van der Waals surface area contributed by atoms with Crippen LogP contribution in [0, 0.1) is 0 Å². The molecule has 4 nitrogen and oxygen atoms in total. The highest BCUT2D eigenvalue weighted by Gasteiger charge is 2.43. The minimum Gasteiger partial charge on any atom is -0.497 e. The number of hydrogen-bond donors (Lipinski definition) is 1. The van der Waals surface area contributed by atoms with Crippen LogP contribution in [0.2, 0.25) is 0 Å². The maximum absolute atomic E-state index is 12.4. The molecule has 4 heteroatoms. The van der Waals surface area contributed by atoms with Gasteiger partial charge in [-0.3, -0.25) is 5.32 Å². The molecule has 0 aromatic heterocycles. The van der Waals surface area contributed by atoms with Gasteiger partial charge in [-0.2, -0.15) is 0 Å². The molecule has 20 heavy (non-hydrogen) atoms. The van der Waals surface area contributed by atoms with E-state index in [1.165, 1.54) is 7.11 Å². The van der Waals surface area contributed by atoms with Crippen LogP contribution in [0.3, 0.4) is 0 Å². The van der Waals surface area contributed by atoms with Crippen LogP contribution in [0.25, 0.3) is 0 Å². The van der Waals surface area contributed by atoms with Crippen molar-refractivity contribution < 1.29 is 14.3 Å². The van der Waals surface area contributed by atoms with Gasteiger partial charge in [0.2, 0.25) is 0 Å². The van der Waals surface area contributed by atoms with Crippen molar-refractivity contribution in [1.29, 1.82) is 0 Å². The fourth-order valence-electron chi connectivity index (χ4n) is 2.89. The van der Waals surface area contributed by atoms with Crippen molar-refractivity contribution in [2.24, 2.45) is 0 Å². The second-order valence-corrected chi connectivity index (χ2v) is 4.94. The van der Waals surface area contributed by atoms with Crippen LogP contribution in [0.4, 0.5) is 0 Å². The summed E-state index contributed by atoms with van der Waals surface area (Å²) in [5, 5.41) is 3.30. The van der Waals surface area contributed by atoms with Crippen molar-refractivity contribution in [3.8, 4) is 5.75 Å². The van der Waals surface area contributed by atoms with Gasteiger partial charge in [-0.1, -0.05) is 12.1 Å². The topological polar surface area (TPSA) is 47.6 Å². The van der Waals surface area contributed by atoms with E-state index in [0.29, 0.717) is 6.54 Å². The first kappa shape index (κ1) is 14.6. The molecule has 1 atom stereocenters. The molecule has 1 aliphatic rings. The van der Waals surface area contributed by atoms with Gasteiger partial charge >= 0.3 is 5.97 Å². The number of fused-ring (bicyclic) bond motifs is 1. The highest BCUT2D eigenvalue weighted by Crippen LogP contribution is 2.38. The van der Waals surface area contributed by atoms with Gasteiger partial charge in [-0.15, -0.1) is 6.58 Å². The standard InChI is InChI=1S/C16H21NO3/c1-4-10-17-16(15(18)20-3)9-5-6-12-11-13(19-2)7-8-14(12)16/h4,7-8,11,17H,1,5-6,9-10H2,2-3H3. The van der Waals surface area contributed by atoms with Crippen LogP contribution in [0.1, 0.15) is 24.0 Å². The summed E-state index contributed by atoms with van der Waals surface area (Å²) in [7, 11) is 3.07. The summed E-state index contributed by atoms with van der Waals surface area (Å²) in [5.41, 5.74) is 1.35. The Balaban J connectivity index is 2.49. The third kappa shape index (κ3) is 2.43. The zero-order chi connectivity index (χ0) is 14.6. The van der Waals surface area contributed by atoms with E-state index in [4.69, 9.17) is 9.47 Å². The first-order chi connectivity index (χ1) is 9.67. The second-order valence-electron chi connectivity index (χ2n) is 4.94. The average molecular weight is 275 g/mol. The first-order valence-electron chi connectivity index (χ1n) is 6.79. The van der Waals surface area contributed by atoms with E-state index in [0.717, 1.165) is 36.1 Å². The maximum atomic E-state index is 12.4. The minimum absolute atomic E-state index is 0.245. The molecule has 1 aliphatic carbocycles. The lowest BCUT2D eigenvalue weighted by Crippen LogP contribution is -2.52. The minimum atomic E-state index is -0.775. The van der Waals surface area contributed by atoms with Crippen molar-refractivity contribution in [2.45, 2.75) is 24.8 Å². The number of carbonyl (C=O) groups excluding carboxylic acids is 1. The van der Waals surface area contributed by atoms with E-state index in [2.05, 4.69) is 11.9 Å².